The highest BCUT2D eigenvalue weighted by atomic mass is 16.2. The molecule has 0 saturated carbocycles. The van der Waals surface area contributed by atoms with E-state index in [0.717, 1.165) is 11.4 Å². The molecule has 2 rings (SSSR count). The summed E-state index contributed by atoms with van der Waals surface area (Å²) in [7, 11) is 1.93. The van der Waals surface area contributed by atoms with Crippen LogP contribution in [0.25, 0.3) is 0 Å². The SMILES string of the molecule is Cc1cnn(CC(=O)NC(c2nccn2C)C(C)C)c1. The highest BCUT2D eigenvalue weighted by molar-refractivity contribution is 5.76. The van der Waals surface area contributed by atoms with Gasteiger partial charge in [-0.15, -0.1) is 0 Å². The van der Waals surface area contributed by atoms with Crippen molar-refractivity contribution in [3.63, 3.8) is 0 Å². The van der Waals surface area contributed by atoms with Gasteiger partial charge in [-0.2, -0.15) is 5.10 Å². The minimum Gasteiger partial charge on any atom is -0.344 e. The third-order valence-corrected chi connectivity index (χ3v) is 3.19. The van der Waals surface area contributed by atoms with E-state index in [9.17, 15) is 4.79 Å². The fourth-order valence-corrected chi connectivity index (χ4v) is 2.13. The lowest BCUT2D eigenvalue weighted by molar-refractivity contribution is -0.123. The average Bonchev–Trinajstić information content (AvgIpc) is 2.95. The third-order valence-electron chi connectivity index (χ3n) is 3.19. The Hall–Kier alpha value is -2.11. The van der Waals surface area contributed by atoms with Crippen LogP contribution in [0.1, 0.15) is 31.3 Å². The Morgan fingerprint density at radius 3 is 2.70 bits per heavy atom. The predicted octanol–water partition coefficient (Wildman–Crippen LogP) is 1.44. The van der Waals surface area contributed by atoms with Gasteiger partial charge in [-0.3, -0.25) is 9.48 Å². The quantitative estimate of drug-likeness (QED) is 0.898. The second kappa shape index (κ2) is 5.90. The second-order valence-electron chi connectivity index (χ2n) is 5.40. The van der Waals surface area contributed by atoms with Crippen LogP contribution in [-0.2, 0) is 18.4 Å². The molecule has 0 aromatic carbocycles. The van der Waals surface area contributed by atoms with Crippen molar-refractivity contribution in [1.29, 1.82) is 0 Å². The Balaban J connectivity index is 2.05. The summed E-state index contributed by atoms with van der Waals surface area (Å²) in [6, 6.07) is -0.0980. The Morgan fingerprint density at radius 1 is 1.45 bits per heavy atom. The molecule has 0 aliphatic heterocycles. The molecule has 0 fully saturated rings. The van der Waals surface area contributed by atoms with Crippen molar-refractivity contribution in [2.75, 3.05) is 0 Å². The van der Waals surface area contributed by atoms with E-state index in [0.29, 0.717) is 0 Å². The number of carbonyl (C=O) groups excluding carboxylic acids is 1. The normalized spacial score (nSPS) is 12.7. The number of aromatic nitrogens is 4. The molecular formula is C14H21N5O. The summed E-state index contributed by atoms with van der Waals surface area (Å²) < 4.78 is 3.57. The van der Waals surface area contributed by atoms with Crippen molar-refractivity contribution in [2.45, 2.75) is 33.4 Å². The van der Waals surface area contributed by atoms with Crippen molar-refractivity contribution in [3.8, 4) is 0 Å². The summed E-state index contributed by atoms with van der Waals surface area (Å²) in [5.41, 5.74) is 1.04. The minimum absolute atomic E-state index is 0.0604. The van der Waals surface area contributed by atoms with Crippen LogP contribution < -0.4 is 5.32 Å². The fourth-order valence-electron chi connectivity index (χ4n) is 2.13. The highest BCUT2D eigenvalue weighted by Crippen LogP contribution is 2.19. The lowest BCUT2D eigenvalue weighted by Crippen LogP contribution is -2.35. The molecule has 108 valence electrons. The maximum atomic E-state index is 12.1. The number of hydrogen-bond donors (Lipinski definition) is 1. The molecule has 0 aliphatic carbocycles. The van der Waals surface area contributed by atoms with E-state index >= 15 is 0 Å². The Morgan fingerprint density at radius 2 is 2.20 bits per heavy atom. The van der Waals surface area contributed by atoms with Crippen LogP contribution in [0.5, 0.6) is 0 Å². The first-order valence-electron chi connectivity index (χ1n) is 6.73. The first kappa shape index (κ1) is 14.3. The third kappa shape index (κ3) is 3.26. The van der Waals surface area contributed by atoms with Gasteiger partial charge < -0.3 is 9.88 Å². The molecule has 2 aromatic rings. The van der Waals surface area contributed by atoms with Crippen molar-refractivity contribution in [1.82, 2.24) is 24.6 Å². The van der Waals surface area contributed by atoms with E-state index in [1.807, 2.05) is 30.9 Å². The second-order valence-corrected chi connectivity index (χ2v) is 5.40. The van der Waals surface area contributed by atoms with Crippen molar-refractivity contribution < 1.29 is 4.79 Å². The molecule has 0 bridgehead atoms. The van der Waals surface area contributed by atoms with E-state index < -0.39 is 0 Å². The molecule has 2 heterocycles. The van der Waals surface area contributed by atoms with Crippen molar-refractivity contribution in [2.24, 2.45) is 13.0 Å². The molecule has 1 atom stereocenters. The number of rotatable bonds is 5. The van der Waals surface area contributed by atoms with Gasteiger partial charge in [0.25, 0.3) is 0 Å². The lowest BCUT2D eigenvalue weighted by Gasteiger charge is -2.22. The number of aryl methyl sites for hydroxylation is 2. The van der Waals surface area contributed by atoms with E-state index in [-0.39, 0.29) is 24.4 Å². The van der Waals surface area contributed by atoms with Gasteiger partial charge in [-0.05, 0) is 18.4 Å². The predicted molar refractivity (Wildman–Crippen MR) is 75.9 cm³/mol. The first-order valence-corrected chi connectivity index (χ1v) is 6.73. The summed E-state index contributed by atoms with van der Waals surface area (Å²) >= 11 is 0. The van der Waals surface area contributed by atoms with Gasteiger partial charge >= 0.3 is 0 Å². The van der Waals surface area contributed by atoms with E-state index in [2.05, 4.69) is 29.2 Å². The molecule has 0 aliphatic rings. The molecule has 6 nitrogen and oxygen atoms in total. The van der Waals surface area contributed by atoms with Gasteiger partial charge in [0, 0.05) is 25.6 Å². The van der Waals surface area contributed by atoms with Crippen LogP contribution in [0, 0.1) is 12.8 Å². The zero-order valence-electron chi connectivity index (χ0n) is 12.4. The lowest BCUT2D eigenvalue weighted by atomic mass is 10.0. The molecule has 1 amide bonds. The number of nitrogens with zero attached hydrogens (tertiary/aromatic N) is 4. The van der Waals surface area contributed by atoms with Gasteiger partial charge in [0.2, 0.25) is 5.91 Å². The van der Waals surface area contributed by atoms with Gasteiger partial charge in [0.15, 0.2) is 0 Å². The summed E-state index contributed by atoms with van der Waals surface area (Å²) in [5.74, 6) is 1.07. The zero-order chi connectivity index (χ0) is 14.7. The van der Waals surface area contributed by atoms with E-state index in [4.69, 9.17) is 0 Å². The molecule has 0 saturated heterocycles. The van der Waals surface area contributed by atoms with Crippen LogP contribution in [-0.4, -0.2) is 25.2 Å². The number of amides is 1. The first-order chi connectivity index (χ1) is 9.47. The summed E-state index contributed by atoms with van der Waals surface area (Å²) in [6.45, 7) is 6.31. The van der Waals surface area contributed by atoms with Crippen LogP contribution in [0.2, 0.25) is 0 Å². The number of carbonyl (C=O) groups is 1. The molecule has 2 aromatic heterocycles. The Kier molecular flexibility index (Phi) is 4.22. The maximum Gasteiger partial charge on any atom is 0.242 e. The van der Waals surface area contributed by atoms with Crippen LogP contribution >= 0.6 is 0 Å². The molecule has 1 unspecified atom stereocenters. The van der Waals surface area contributed by atoms with Gasteiger partial charge in [0.05, 0.1) is 12.2 Å². The Labute approximate surface area is 118 Å². The summed E-state index contributed by atoms with van der Waals surface area (Å²) in [4.78, 5) is 16.5. The fraction of sp³-hybridized carbons (Fsp3) is 0.500. The standard InChI is InChI=1S/C14H21N5O/c1-10(2)13(14-15-5-6-18(14)4)17-12(20)9-19-8-11(3)7-16-19/h5-8,10,13H,9H2,1-4H3,(H,17,20). The zero-order valence-corrected chi connectivity index (χ0v) is 12.4. The topological polar surface area (TPSA) is 64.7 Å². The van der Waals surface area contributed by atoms with Crippen LogP contribution in [0.15, 0.2) is 24.8 Å². The maximum absolute atomic E-state index is 12.1. The highest BCUT2D eigenvalue weighted by Gasteiger charge is 2.22. The minimum atomic E-state index is -0.0980. The number of nitrogens with one attached hydrogen (secondary N) is 1. The Bertz CT molecular complexity index is 584. The average molecular weight is 275 g/mol. The van der Waals surface area contributed by atoms with E-state index in [1.165, 1.54) is 0 Å². The smallest absolute Gasteiger partial charge is 0.242 e. The van der Waals surface area contributed by atoms with Gasteiger partial charge in [-0.25, -0.2) is 4.98 Å². The molecular weight excluding hydrogens is 254 g/mol. The summed E-state index contributed by atoms with van der Waals surface area (Å²) in [6.07, 6.45) is 7.22. The summed E-state index contributed by atoms with van der Waals surface area (Å²) in [5, 5.41) is 7.16. The monoisotopic (exact) mass is 275 g/mol. The van der Waals surface area contributed by atoms with Gasteiger partial charge in [-0.1, -0.05) is 13.8 Å². The van der Waals surface area contributed by atoms with E-state index in [1.54, 1.807) is 17.1 Å². The molecule has 6 heteroatoms. The number of hydrogen-bond acceptors (Lipinski definition) is 3. The van der Waals surface area contributed by atoms with Crippen molar-refractivity contribution in [3.05, 3.63) is 36.2 Å². The van der Waals surface area contributed by atoms with Gasteiger partial charge in [0.1, 0.15) is 12.4 Å². The van der Waals surface area contributed by atoms with Crippen LogP contribution in [0.3, 0.4) is 0 Å². The molecule has 1 N–H and O–H groups in total. The molecule has 0 radical (unpaired) electrons. The molecule has 20 heavy (non-hydrogen) atoms. The van der Waals surface area contributed by atoms with Crippen LogP contribution in [0.4, 0.5) is 0 Å². The number of imidazole rings is 1. The molecule has 0 spiro atoms. The van der Waals surface area contributed by atoms with Crippen molar-refractivity contribution >= 4 is 5.91 Å². The largest absolute Gasteiger partial charge is 0.344 e.